The van der Waals surface area contributed by atoms with Crippen molar-refractivity contribution in [2.24, 2.45) is 0 Å². The minimum absolute atomic E-state index is 0.0588. The Balaban J connectivity index is 1.43. The van der Waals surface area contributed by atoms with Crippen LogP contribution in [-0.4, -0.2) is 47.9 Å². The number of likely N-dealkylation sites (N-methyl/N-ethyl adjacent to an activating group) is 1. The van der Waals surface area contributed by atoms with Gasteiger partial charge in [0.15, 0.2) is 12.4 Å². The number of carbonyl (C=O) groups excluding carboxylic acids is 3. The van der Waals surface area contributed by atoms with E-state index in [1.807, 2.05) is 0 Å². The molecule has 0 aliphatic carbocycles. The van der Waals surface area contributed by atoms with Crippen LogP contribution in [0.15, 0.2) is 53.6 Å². The molecule has 37 heavy (non-hydrogen) atoms. The molecule has 0 bridgehead atoms. The maximum atomic E-state index is 13.3. The lowest BCUT2D eigenvalue weighted by molar-refractivity contribution is -0.121. The molecular weight excluding hydrogens is 496 g/mol. The zero-order chi connectivity index (χ0) is 26.3. The largest absolute Gasteiger partial charge is 0.495 e. The molecule has 11 heteroatoms. The number of thiophene rings is 1. The lowest BCUT2D eigenvalue weighted by atomic mass is 10.1. The van der Waals surface area contributed by atoms with E-state index in [9.17, 15) is 19.2 Å². The monoisotopic (exact) mass is 518 g/mol. The number of ketones is 1. The number of anilines is 2. The number of rotatable bonds is 6. The summed E-state index contributed by atoms with van der Waals surface area (Å²) >= 11 is 1.11. The van der Waals surface area contributed by atoms with Gasteiger partial charge < -0.3 is 19.7 Å². The third kappa shape index (κ3) is 4.33. The Morgan fingerprint density at radius 1 is 1.19 bits per heavy atom. The van der Waals surface area contributed by atoms with Crippen molar-refractivity contribution >= 4 is 50.5 Å². The predicted octanol–water partition coefficient (Wildman–Crippen LogP) is 3.27. The van der Waals surface area contributed by atoms with Crippen molar-refractivity contribution in [1.82, 2.24) is 9.55 Å². The van der Waals surface area contributed by atoms with E-state index in [2.05, 4.69) is 10.3 Å². The zero-order valence-electron chi connectivity index (χ0n) is 20.2. The molecule has 1 aliphatic rings. The van der Waals surface area contributed by atoms with Crippen molar-refractivity contribution in [3.8, 4) is 11.5 Å². The van der Waals surface area contributed by atoms with E-state index in [0.29, 0.717) is 43.7 Å². The Bertz CT molecular complexity index is 1640. The standard InChI is InChI=1S/C26H22N4O6S/c1-14-22-25(37-23(14)24(33)28-16-6-4-5-7-19(16)35-3)27-13-30(26(22)34)11-18(31)15-8-9-20-17(10-15)29(2)21(32)12-36-20/h4-10,13H,11-12H2,1-3H3,(H,28,33). The number of carbonyl (C=O) groups is 3. The summed E-state index contributed by atoms with van der Waals surface area (Å²) in [6.45, 7) is 1.37. The van der Waals surface area contributed by atoms with Crippen molar-refractivity contribution < 1.29 is 23.9 Å². The minimum atomic E-state index is -0.419. The van der Waals surface area contributed by atoms with Crippen LogP contribution in [-0.2, 0) is 11.3 Å². The van der Waals surface area contributed by atoms with E-state index in [0.717, 1.165) is 11.3 Å². The lowest BCUT2D eigenvalue weighted by Crippen LogP contribution is -2.35. The molecule has 3 heterocycles. The summed E-state index contributed by atoms with van der Waals surface area (Å²) in [5.74, 6) is 0.0764. The van der Waals surface area contributed by atoms with Gasteiger partial charge in [-0.25, -0.2) is 4.98 Å². The van der Waals surface area contributed by atoms with Gasteiger partial charge in [-0.05, 0) is 42.8 Å². The maximum absolute atomic E-state index is 13.3. The summed E-state index contributed by atoms with van der Waals surface area (Å²) in [5.41, 5.74) is 1.39. The van der Waals surface area contributed by atoms with Crippen molar-refractivity contribution in [3.63, 3.8) is 0 Å². The molecule has 10 nitrogen and oxygen atoms in total. The number of para-hydroxylation sites is 2. The number of aryl methyl sites for hydroxylation is 1. The summed E-state index contributed by atoms with van der Waals surface area (Å²) in [6.07, 6.45) is 1.30. The molecule has 188 valence electrons. The first-order valence-electron chi connectivity index (χ1n) is 11.3. The summed E-state index contributed by atoms with van der Waals surface area (Å²) in [6, 6.07) is 11.8. The van der Waals surface area contributed by atoms with Crippen LogP contribution in [0.25, 0.3) is 10.2 Å². The molecule has 0 saturated heterocycles. The van der Waals surface area contributed by atoms with Crippen LogP contribution in [0.4, 0.5) is 11.4 Å². The van der Waals surface area contributed by atoms with E-state index in [1.165, 1.54) is 22.9 Å². The molecule has 0 atom stereocenters. The Labute approximate surface area is 215 Å². The molecule has 0 unspecified atom stereocenters. The van der Waals surface area contributed by atoms with Gasteiger partial charge in [0.05, 0.1) is 41.6 Å². The fourth-order valence-corrected chi connectivity index (χ4v) is 5.14. The molecule has 0 spiro atoms. The number of hydrogen-bond acceptors (Lipinski definition) is 8. The molecule has 1 N–H and O–H groups in total. The highest BCUT2D eigenvalue weighted by Crippen LogP contribution is 2.32. The van der Waals surface area contributed by atoms with Crippen LogP contribution >= 0.6 is 11.3 Å². The number of Topliss-reactive ketones (excluding diaryl/α,β-unsaturated/α-hetero) is 1. The highest BCUT2D eigenvalue weighted by molar-refractivity contribution is 7.20. The van der Waals surface area contributed by atoms with E-state index < -0.39 is 5.56 Å². The Hall–Kier alpha value is -4.51. The first-order valence-corrected chi connectivity index (χ1v) is 12.1. The average molecular weight is 519 g/mol. The third-order valence-corrected chi connectivity index (χ3v) is 7.36. The van der Waals surface area contributed by atoms with E-state index in [4.69, 9.17) is 9.47 Å². The molecular formula is C26H22N4O6S. The van der Waals surface area contributed by atoms with E-state index >= 15 is 0 Å². The second-order valence-electron chi connectivity index (χ2n) is 8.42. The number of benzene rings is 2. The Morgan fingerprint density at radius 3 is 2.76 bits per heavy atom. The molecule has 5 rings (SSSR count). The first kappa shape index (κ1) is 24.2. The number of ether oxygens (including phenoxy) is 2. The Kier molecular flexibility index (Phi) is 6.22. The van der Waals surface area contributed by atoms with Crippen molar-refractivity contribution in [3.05, 3.63) is 75.1 Å². The van der Waals surface area contributed by atoms with Crippen LogP contribution < -0.4 is 25.2 Å². The summed E-state index contributed by atoms with van der Waals surface area (Å²) in [7, 11) is 3.13. The van der Waals surface area contributed by atoms with Crippen molar-refractivity contribution in [2.75, 3.05) is 31.0 Å². The SMILES string of the molecule is COc1ccccc1NC(=O)c1sc2ncn(CC(=O)c3ccc4c(c3)N(C)C(=O)CO4)c(=O)c2c1C. The topological polar surface area (TPSA) is 120 Å². The number of amides is 2. The highest BCUT2D eigenvalue weighted by Gasteiger charge is 2.24. The summed E-state index contributed by atoms with van der Waals surface area (Å²) in [5, 5.41) is 3.10. The van der Waals surface area contributed by atoms with Crippen molar-refractivity contribution in [1.29, 1.82) is 0 Å². The number of hydrogen-bond donors (Lipinski definition) is 1. The minimum Gasteiger partial charge on any atom is -0.495 e. The van der Waals surface area contributed by atoms with Crippen molar-refractivity contribution in [2.45, 2.75) is 13.5 Å². The molecule has 1 aliphatic heterocycles. The Morgan fingerprint density at radius 2 is 1.97 bits per heavy atom. The summed E-state index contributed by atoms with van der Waals surface area (Å²) < 4.78 is 11.9. The molecule has 0 radical (unpaired) electrons. The molecule has 2 amide bonds. The van der Waals surface area contributed by atoms with Gasteiger partial charge in [-0.2, -0.15) is 0 Å². The number of fused-ring (bicyclic) bond motifs is 2. The maximum Gasteiger partial charge on any atom is 0.266 e. The van der Waals surface area contributed by atoms with Crippen LogP contribution in [0.1, 0.15) is 25.6 Å². The number of aromatic nitrogens is 2. The third-order valence-electron chi connectivity index (χ3n) is 6.16. The predicted molar refractivity (Wildman–Crippen MR) is 139 cm³/mol. The van der Waals surface area contributed by atoms with E-state index in [-0.39, 0.29) is 36.1 Å². The molecule has 2 aromatic heterocycles. The fourth-order valence-electron chi connectivity index (χ4n) is 4.11. The molecule has 0 fully saturated rings. The number of nitrogens with zero attached hydrogens (tertiary/aromatic N) is 3. The quantitative estimate of drug-likeness (QED) is 0.389. The second kappa shape index (κ2) is 9.51. The van der Waals surface area contributed by atoms with Gasteiger partial charge >= 0.3 is 0 Å². The first-order chi connectivity index (χ1) is 17.8. The van der Waals surface area contributed by atoms with Gasteiger partial charge in [0.1, 0.15) is 16.3 Å². The van der Waals surface area contributed by atoms with Crippen LogP contribution in [0, 0.1) is 6.92 Å². The van der Waals surface area contributed by atoms with Gasteiger partial charge in [0.25, 0.3) is 17.4 Å². The van der Waals surface area contributed by atoms with Gasteiger partial charge in [0.2, 0.25) is 0 Å². The highest BCUT2D eigenvalue weighted by atomic mass is 32.1. The fraction of sp³-hybridized carbons (Fsp3) is 0.192. The van der Waals surface area contributed by atoms with Gasteiger partial charge in [-0.1, -0.05) is 12.1 Å². The smallest absolute Gasteiger partial charge is 0.266 e. The molecule has 0 saturated carbocycles. The number of nitrogens with one attached hydrogen (secondary N) is 1. The second-order valence-corrected chi connectivity index (χ2v) is 9.41. The number of methoxy groups -OCH3 is 1. The average Bonchev–Trinajstić information content (AvgIpc) is 3.25. The summed E-state index contributed by atoms with van der Waals surface area (Å²) in [4.78, 5) is 57.8. The lowest BCUT2D eigenvalue weighted by Gasteiger charge is -2.26. The van der Waals surface area contributed by atoms with Gasteiger partial charge in [-0.15, -0.1) is 11.3 Å². The van der Waals surface area contributed by atoms with Crippen LogP contribution in [0.5, 0.6) is 11.5 Å². The van der Waals surface area contributed by atoms with Gasteiger partial charge in [-0.3, -0.25) is 23.7 Å². The zero-order valence-corrected chi connectivity index (χ0v) is 21.0. The van der Waals surface area contributed by atoms with Crippen LogP contribution in [0.2, 0.25) is 0 Å². The molecule has 4 aromatic rings. The normalized spacial score (nSPS) is 12.7. The van der Waals surface area contributed by atoms with Gasteiger partial charge in [0, 0.05) is 12.6 Å². The van der Waals surface area contributed by atoms with Crippen LogP contribution in [0.3, 0.4) is 0 Å². The molecule has 2 aromatic carbocycles. The van der Waals surface area contributed by atoms with E-state index in [1.54, 1.807) is 56.4 Å².